The fourth-order valence-electron chi connectivity index (χ4n) is 4.26. The number of aliphatic hydroxyl groups excluding tert-OH is 1. The number of nitrogens with zero attached hydrogens (tertiary/aromatic N) is 3. The molecule has 2 unspecified atom stereocenters. The Morgan fingerprint density at radius 3 is 2.48 bits per heavy atom. The first-order valence-corrected chi connectivity index (χ1v) is 13.0. The molecular formula is C30H28F4N6O4. The number of anilines is 1. The molecule has 0 saturated carbocycles. The molecule has 0 fully saturated rings. The Bertz CT molecular complexity index is 1760. The average Bonchev–Trinajstić information content (AvgIpc) is 3.36. The highest BCUT2D eigenvalue weighted by molar-refractivity contribution is 5.99. The zero-order chi connectivity index (χ0) is 32.4. The number of benzene rings is 1. The third kappa shape index (κ3) is 6.48. The number of methoxy groups -OCH3 is 1. The number of ether oxygens (including phenoxy) is 1. The second-order valence-corrected chi connectivity index (χ2v) is 10.0. The second-order valence-electron chi connectivity index (χ2n) is 10.0. The summed E-state index contributed by atoms with van der Waals surface area (Å²) in [5.74, 6) is -1.53. The van der Waals surface area contributed by atoms with E-state index in [0.717, 1.165) is 0 Å². The van der Waals surface area contributed by atoms with Crippen LogP contribution in [0.1, 0.15) is 36.0 Å². The number of nitriles is 1. The molecule has 0 aliphatic rings. The van der Waals surface area contributed by atoms with E-state index in [9.17, 15) is 32.7 Å². The van der Waals surface area contributed by atoms with Crippen LogP contribution in [0.4, 0.5) is 23.4 Å². The van der Waals surface area contributed by atoms with Crippen LogP contribution in [0.5, 0.6) is 5.88 Å². The first-order chi connectivity index (χ1) is 20.7. The first-order valence-electron chi connectivity index (χ1n) is 13.0. The number of aromatic nitrogens is 2. The topological polar surface area (TPSA) is 145 Å². The molecule has 44 heavy (non-hydrogen) atoms. The maximum Gasteiger partial charge on any atom is 0.405 e. The van der Waals surface area contributed by atoms with Gasteiger partial charge in [-0.1, -0.05) is 6.58 Å². The first kappa shape index (κ1) is 31.9. The van der Waals surface area contributed by atoms with Crippen LogP contribution in [0, 0.1) is 17.1 Å². The van der Waals surface area contributed by atoms with E-state index in [1.54, 1.807) is 6.92 Å². The largest absolute Gasteiger partial charge is 0.480 e. The standard InChI is InChI=1S/C30H28F4N6O4/c1-15(2)29(3,13-35)40-25(41)21-10-17(12-37-27(21)43-5)19-11-20-22(26(42)36-4)23(16-6-8-18(31)9-7-16)44-28(20)39-24(19)38-14-30(32,33)34/h6-12,26,36,42H,1,14H2,2-5H3,(H,38,39)(H,40,41). The molecule has 2 atom stereocenters. The van der Waals surface area contributed by atoms with Crippen LogP contribution >= 0.6 is 0 Å². The van der Waals surface area contributed by atoms with E-state index < -0.39 is 36.2 Å². The molecule has 4 aromatic rings. The van der Waals surface area contributed by atoms with Crippen LogP contribution in [0.2, 0.25) is 0 Å². The van der Waals surface area contributed by atoms with Crippen LogP contribution in [-0.2, 0) is 0 Å². The number of hydrogen-bond acceptors (Lipinski definition) is 9. The molecule has 1 amide bonds. The van der Waals surface area contributed by atoms with E-state index in [4.69, 9.17) is 9.15 Å². The lowest BCUT2D eigenvalue weighted by Crippen LogP contribution is -2.45. The number of furan rings is 1. The predicted molar refractivity (Wildman–Crippen MR) is 154 cm³/mol. The molecule has 0 aliphatic carbocycles. The Morgan fingerprint density at radius 1 is 1.23 bits per heavy atom. The van der Waals surface area contributed by atoms with Crippen molar-refractivity contribution in [2.75, 3.05) is 26.0 Å². The Hall–Kier alpha value is -5.00. The minimum absolute atomic E-state index is 0.0740. The maximum atomic E-state index is 13.6. The minimum Gasteiger partial charge on any atom is -0.480 e. The second kappa shape index (κ2) is 12.3. The van der Waals surface area contributed by atoms with Crippen LogP contribution in [0.3, 0.4) is 0 Å². The number of alkyl halides is 3. The molecule has 4 N–H and O–H groups in total. The van der Waals surface area contributed by atoms with E-state index in [0.29, 0.717) is 11.1 Å². The Labute approximate surface area is 249 Å². The number of amides is 1. The molecule has 3 aromatic heterocycles. The van der Waals surface area contributed by atoms with Gasteiger partial charge in [-0.05, 0) is 62.9 Å². The Kier molecular flexibility index (Phi) is 8.93. The molecule has 14 heteroatoms. The molecule has 0 spiro atoms. The van der Waals surface area contributed by atoms with Gasteiger partial charge in [0, 0.05) is 28.3 Å². The summed E-state index contributed by atoms with van der Waals surface area (Å²) in [5, 5.41) is 28.2. The summed E-state index contributed by atoms with van der Waals surface area (Å²) >= 11 is 0. The lowest BCUT2D eigenvalue weighted by molar-refractivity contribution is -0.115. The van der Waals surface area contributed by atoms with Crippen LogP contribution in [0.15, 0.2) is 59.2 Å². The Morgan fingerprint density at radius 2 is 1.91 bits per heavy atom. The number of aliphatic hydroxyl groups is 1. The zero-order valence-corrected chi connectivity index (χ0v) is 24.1. The van der Waals surface area contributed by atoms with Crippen molar-refractivity contribution in [1.29, 1.82) is 5.26 Å². The van der Waals surface area contributed by atoms with E-state index >= 15 is 0 Å². The molecule has 10 nitrogen and oxygen atoms in total. The van der Waals surface area contributed by atoms with Gasteiger partial charge in [0.1, 0.15) is 41.3 Å². The lowest BCUT2D eigenvalue weighted by atomic mass is 9.95. The SMILES string of the molecule is C=C(C)C(C)(C#N)NC(=O)c1cc(-c2cc3c(C(O)NC)c(-c4ccc(F)cc4)oc3nc2NCC(F)(F)F)cnc1OC. The number of carbonyl (C=O) groups is 1. The fraction of sp³-hybridized carbons (Fsp3) is 0.267. The highest BCUT2D eigenvalue weighted by Crippen LogP contribution is 2.40. The lowest BCUT2D eigenvalue weighted by Gasteiger charge is -2.24. The molecule has 4 rings (SSSR count). The van der Waals surface area contributed by atoms with Gasteiger partial charge in [0.15, 0.2) is 0 Å². The monoisotopic (exact) mass is 612 g/mol. The van der Waals surface area contributed by atoms with Gasteiger partial charge < -0.3 is 24.9 Å². The average molecular weight is 613 g/mol. The van der Waals surface area contributed by atoms with Crippen LogP contribution in [-0.4, -0.2) is 53.4 Å². The molecule has 1 aromatic carbocycles. The number of nitrogens with one attached hydrogen (secondary N) is 3. The summed E-state index contributed by atoms with van der Waals surface area (Å²) < 4.78 is 64.6. The quantitative estimate of drug-likeness (QED) is 0.104. The molecular weight excluding hydrogens is 584 g/mol. The molecule has 3 heterocycles. The summed E-state index contributed by atoms with van der Waals surface area (Å²) in [4.78, 5) is 21.8. The van der Waals surface area contributed by atoms with Crippen molar-refractivity contribution in [3.8, 4) is 34.4 Å². The van der Waals surface area contributed by atoms with E-state index in [-0.39, 0.29) is 50.8 Å². The van der Waals surface area contributed by atoms with Crippen molar-refractivity contribution in [2.24, 2.45) is 0 Å². The highest BCUT2D eigenvalue weighted by atomic mass is 19.4. The van der Waals surface area contributed by atoms with Gasteiger partial charge in [0.2, 0.25) is 11.6 Å². The maximum absolute atomic E-state index is 13.6. The van der Waals surface area contributed by atoms with E-state index in [2.05, 4.69) is 32.5 Å². The van der Waals surface area contributed by atoms with Gasteiger partial charge in [-0.2, -0.15) is 23.4 Å². The zero-order valence-electron chi connectivity index (χ0n) is 24.1. The number of carbonyl (C=O) groups excluding carboxylic acids is 1. The summed E-state index contributed by atoms with van der Waals surface area (Å²) in [5.41, 5.74) is -0.527. The Balaban J connectivity index is 1.96. The summed E-state index contributed by atoms with van der Waals surface area (Å²) in [7, 11) is 2.75. The number of fused-ring (bicyclic) bond motifs is 1. The van der Waals surface area contributed by atoms with Gasteiger partial charge in [-0.3, -0.25) is 10.1 Å². The highest BCUT2D eigenvalue weighted by Gasteiger charge is 2.31. The van der Waals surface area contributed by atoms with Crippen LogP contribution in [0.25, 0.3) is 33.6 Å². The molecule has 230 valence electrons. The van der Waals surface area contributed by atoms with Gasteiger partial charge in [0.05, 0.1) is 18.7 Å². The van der Waals surface area contributed by atoms with E-state index in [1.165, 1.54) is 63.7 Å². The third-order valence-electron chi connectivity index (χ3n) is 6.87. The van der Waals surface area contributed by atoms with Crippen molar-refractivity contribution < 1.29 is 36.6 Å². The van der Waals surface area contributed by atoms with Crippen molar-refractivity contribution in [3.05, 3.63) is 71.7 Å². The predicted octanol–water partition coefficient (Wildman–Crippen LogP) is 5.48. The van der Waals surface area contributed by atoms with Crippen LogP contribution < -0.4 is 20.7 Å². The van der Waals surface area contributed by atoms with Gasteiger partial charge in [-0.15, -0.1) is 0 Å². The fourth-order valence-corrected chi connectivity index (χ4v) is 4.26. The molecule has 0 saturated heterocycles. The van der Waals surface area contributed by atoms with Gasteiger partial charge in [-0.25, -0.2) is 9.37 Å². The number of pyridine rings is 2. The van der Waals surface area contributed by atoms with Crippen molar-refractivity contribution >= 4 is 22.8 Å². The van der Waals surface area contributed by atoms with Crippen molar-refractivity contribution in [2.45, 2.75) is 31.8 Å². The number of hydrogen-bond donors (Lipinski definition) is 4. The van der Waals surface area contributed by atoms with Gasteiger partial charge >= 0.3 is 6.18 Å². The van der Waals surface area contributed by atoms with Crippen molar-refractivity contribution in [3.63, 3.8) is 0 Å². The minimum atomic E-state index is -4.61. The molecule has 0 aliphatic heterocycles. The smallest absolute Gasteiger partial charge is 0.405 e. The number of rotatable bonds is 10. The summed E-state index contributed by atoms with van der Waals surface area (Å²) in [6.45, 7) is 5.32. The number of halogens is 4. The summed E-state index contributed by atoms with van der Waals surface area (Å²) in [6.07, 6.45) is -4.66. The molecule has 0 bridgehead atoms. The third-order valence-corrected chi connectivity index (χ3v) is 6.87. The molecule has 0 radical (unpaired) electrons. The summed E-state index contributed by atoms with van der Waals surface area (Å²) in [6, 6.07) is 9.96. The van der Waals surface area contributed by atoms with E-state index in [1.807, 2.05) is 6.07 Å². The van der Waals surface area contributed by atoms with Crippen molar-refractivity contribution in [1.82, 2.24) is 20.6 Å². The normalized spacial score (nSPS) is 13.5. The van der Waals surface area contributed by atoms with Gasteiger partial charge in [0.25, 0.3) is 5.91 Å².